The number of carbonyl (C=O) groups is 3. The first kappa shape index (κ1) is 23.9. The minimum atomic E-state index is -1.11. The van der Waals surface area contributed by atoms with Crippen LogP contribution in [0.1, 0.15) is 65.1 Å². The summed E-state index contributed by atoms with van der Waals surface area (Å²) in [5.74, 6) is -0.452. The molecule has 1 N–H and O–H groups in total. The first-order valence-electron chi connectivity index (χ1n) is 11.8. The molecule has 186 valence electrons. The molecule has 1 aliphatic carbocycles. The van der Waals surface area contributed by atoms with Gasteiger partial charge in [0.15, 0.2) is 23.0 Å². The average molecular weight is 509 g/mol. The summed E-state index contributed by atoms with van der Waals surface area (Å²) in [6.45, 7) is 1.39. The average Bonchev–Trinajstić information content (AvgIpc) is 3.65. The number of fused-ring (bicyclic) bond motifs is 1. The molecule has 2 heterocycles. The van der Waals surface area contributed by atoms with Gasteiger partial charge in [-0.15, -0.1) is 0 Å². The molecule has 0 unspecified atom stereocenters. The van der Waals surface area contributed by atoms with Gasteiger partial charge < -0.3 is 19.2 Å². The van der Waals surface area contributed by atoms with E-state index < -0.39 is 11.9 Å². The van der Waals surface area contributed by atoms with Crippen LogP contribution in [0.25, 0.3) is 0 Å². The van der Waals surface area contributed by atoms with Crippen LogP contribution in [0.4, 0.5) is 5.69 Å². The number of amides is 2. The topological polar surface area (TPSA) is 98.1 Å². The summed E-state index contributed by atoms with van der Waals surface area (Å²) in [5.41, 5.74) is 0.962. The van der Waals surface area contributed by atoms with Gasteiger partial charge in [-0.1, -0.05) is 36.6 Å². The maximum Gasteiger partial charge on any atom is 0.294 e. The molecule has 5 rings (SSSR count). The van der Waals surface area contributed by atoms with Crippen LogP contribution in [0.2, 0.25) is 5.02 Å². The number of rotatable bonds is 7. The zero-order chi connectivity index (χ0) is 25.2. The second-order valence-electron chi connectivity index (χ2n) is 8.88. The van der Waals surface area contributed by atoms with E-state index in [1.165, 1.54) is 30.2 Å². The predicted octanol–water partition coefficient (Wildman–Crippen LogP) is 5.31. The van der Waals surface area contributed by atoms with Gasteiger partial charge in [0.25, 0.3) is 5.91 Å². The van der Waals surface area contributed by atoms with Crippen LogP contribution in [0.3, 0.4) is 0 Å². The largest absolute Gasteiger partial charge is 0.459 e. The third-order valence-corrected chi connectivity index (χ3v) is 6.73. The molecule has 1 fully saturated rings. The summed E-state index contributed by atoms with van der Waals surface area (Å²) in [7, 11) is 0. The minimum absolute atomic E-state index is 0.00889. The summed E-state index contributed by atoms with van der Waals surface area (Å²) in [5, 5.41) is 3.60. The normalized spacial score (nSPS) is 15.5. The molecule has 2 aliphatic rings. The molecule has 0 saturated heterocycles. The van der Waals surface area contributed by atoms with Gasteiger partial charge in [-0.2, -0.15) is 0 Å². The zero-order valence-electron chi connectivity index (χ0n) is 19.7. The number of ether oxygens (including phenoxy) is 2. The molecular weight excluding hydrogens is 484 g/mol. The lowest BCUT2D eigenvalue weighted by Gasteiger charge is -2.33. The van der Waals surface area contributed by atoms with Crippen molar-refractivity contribution in [2.45, 2.75) is 44.7 Å². The van der Waals surface area contributed by atoms with E-state index in [4.69, 9.17) is 25.5 Å². The molecule has 2 aromatic carbocycles. The summed E-state index contributed by atoms with van der Waals surface area (Å²) in [6.07, 6.45) is 5.18. The second-order valence-corrected chi connectivity index (χ2v) is 9.31. The molecule has 1 aromatic heterocycles. The molecule has 1 saturated carbocycles. The van der Waals surface area contributed by atoms with Crippen LogP contribution < -0.4 is 19.7 Å². The Morgan fingerprint density at radius 2 is 1.72 bits per heavy atom. The van der Waals surface area contributed by atoms with Gasteiger partial charge in [-0.3, -0.25) is 19.3 Å². The molecule has 0 radical (unpaired) electrons. The van der Waals surface area contributed by atoms with Gasteiger partial charge in [-0.25, -0.2) is 0 Å². The summed E-state index contributed by atoms with van der Waals surface area (Å²) < 4.78 is 16.4. The van der Waals surface area contributed by atoms with Gasteiger partial charge in [-0.05, 0) is 55.7 Å². The third-order valence-electron chi connectivity index (χ3n) is 6.47. The highest BCUT2D eigenvalue weighted by atomic mass is 35.5. The number of nitrogens with one attached hydrogen (secondary N) is 1. The van der Waals surface area contributed by atoms with Crippen LogP contribution in [-0.4, -0.2) is 30.4 Å². The van der Waals surface area contributed by atoms with Crippen molar-refractivity contribution in [1.82, 2.24) is 5.32 Å². The van der Waals surface area contributed by atoms with E-state index in [2.05, 4.69) is 5.32 Å². The number of hydrogen-bond acceptors (Lipinski definition) is 6. The van der Waals surface area contributed by atoms with Crippen LogP contribution in [-0.2, 0) is 4.79 Å². The van der Waals surface area contributed by atoms with Crippen LogP contribution in [0, 0.1) is 0 Å². The van der Waals surface area contributed by atoms with Crippen molar-refractivity contribution < 1.29 is 28.3 Å². The number of ketones is 1. The van der Waals surface area contributed by atoms with Gasteiger partial charge in [0.05, 0.1) is 12.0 Å². The summed E-state index contributed by atoms with van der Waals surface area (Å²) in [6, 6.07) is 11.8. The van der Waals surface area contributed by atoms with Gasteiger partial charge in [0.2, 0.25) is 12.7 Å². The quantitative estimate of drug-likeness (QED) is 0.434. The molecule has 36 heavy (non-hydrogen) atoms. The number of benzene rings is 2. The summed E-state index contributed by atoms with van der Waals surface area (Å²) in [4.78, 5) is 41.9. The van der Waals surface area contributed by atoms with Gasteiger partial charge in [0.1, 0.15) is 6.04 Å². The van der Waals surface area contributed by atoms with E-state index in [9.17, 15) is 14.4 Å². The van der Waals surface area contributed by atoms with E-state index >= 15 is 0 Å². The molecule has 0 bridgehead atoms. The fourth-order valence-electron chi connectivity index (χ4n) is 4.71. The standard InChI is InChI=1S/C27H25ClN2O6/c1-16(31)20-13-23-24(36-15-35-23)14-21(20)30(27(33)22-7-4-12-34-22)25(17-8-10-18(28)11-9-17)26(32)29-19-5-2-3-6-19/h4,7-14,19,25H,2-3,5-6,15H2,1H3,(H,29,32)/t25-/m1/s1. The molecular formula is C27H25ClN2O6. The lowest BCUT2D eigenvalue weighted by molar-refractivity contribution is -0.123. The number of halogens is 1. The van der Waals surface area contributed by atoms with Crippen LogP contribution in [0.5, 0.6) is 11.5 Å². The van der Waals surface area contributed by atoms with E-state index in [-0.39, 0.29) is 41.5 Å². The third kappa shape index (κ3) is 4.68. The van der Waals surface area contributed by atoms with Gasteiger partial charge >= 0.3 is 0 Å². The van der Waals surface area contributed by atoms with Crippen molar-refractivity contribution in [3.8, 4) is 11.5 Å². The molecule has 0 spiro atoms. The maximum absolute atomic E-state index is 13.9. The van der Waals surface area contributed by atoms with Crippen molar-refractivity contribution in [2.75, 3.05) is 11.7 Å². The highest BCUT2D eigenvalue weighted by Crippen LogP contribution is 2.42. The second kappa shape index (κ2) is 10.1. The van der Waals surface area contributed by atoms with E-state index in [0.717, 1.165) is 25.7 Å². The Balaban J connectivity index is 1.69. The smallest absolute Gasteiger partial charge is 0.294 e. The Hall–Kier alpha value is -3.78. The zero-order valence-corrected chi connectivity index (χ0v) is 20.4. The highest BCUT2D eigenvalue weighted by molar-refractivity contribution is 6.30. The number of carbonyl (C=O) groups excluding carboxylic acids is 3. The Morgan fingerprint density at radius 1 is 1.03 bits per heavy atom. The Kier molecular flexibility index (Phi) is 6.69. The van der Waals surface area contributed by atoms with Crippen molar-refractivity contribution in [1.29, 1.82) is 0 Å². The van der Waals surface area contributed by atoms with Gasteiger partial charge in [0, 0.05) is 22.7 Å². The Morgan fingerprint density at radius 3 is 2.36 bits per heavy atom. The molecule has 3 aromatic rings. The fourth-order valence-corrected chi connectivity index (χ4v) is 4.84. The van der Waals surface area contributed by atoms with Crippen molar-refractivity contribution in [3.05, 3.63) is 76.7 Å². The van der Waals surface area contributed by atoms with Crippen molar-refractivity contribution in [3.63, 3.8) is 0 Å². The minimum Gasteiger partial charge on any atom is -0.459 e. The first-order chi connectivity index (χ1) is 17.4. The Labute approximate surface area is 213 Å². The van der Waals surface area contributed by atoms with Crippen LogP contribution >= 0.6 is 11.6 Å². The van der Waals surface area contributed by atoms with Crippen molar-refractivity contribution >= 4 is 34.9 Å². The lowest BCUT2D eigenvalue weighted by Crippen LogP contribution is -2.46. The SMILES string of the molecule is CC(=O)c1cc2c(cc1N(C(=O)c1ccco1)[C@@H](C(=O)NC1CCCC1)c1ccc(Cl)cc1)OCO2. The number of hydrogen-bond donors (Lipinski definition) is 1. The predicted molar refractivity (Wildman–Crippen MR) is 133 cm³/mol. The number of anilines is 1. The van der Waals surface area contributed by atoms with Crippen LogP contribution in [0.15, 0.2) is 59.2 Å². The molecule has 1 aliphatic heterocycles. The molecule has 2 amide bonds. The molecule has 8 nitrogen and oxygen atoms in total. The molecule has 1 atom stereocenters. The van der Waals surface area contributed by atoms with Crippen molar-refractivity contribution in [2.24, 2.45) is 0 Å². The monoisotopic (exact) mass is 508 g/mol. The van der Waals surface area contributed by atoms with E-state index in [0.29, 0.717) is 22.1 Å². The maximum atomic E-state index is 13.9. The first-order valence-corrected chi connectivity index (χ1v) is 12.2. The highest BCUT2D eigenvalue weighted by Gasteiger charge is 2.38. The van der Waals surface area contributed by atoms with E-state index in [1.807, 2.05) is 0 Å². The number of furan rings is 1. The lowest BCUT2D eigenvalue weighted by atomic mass is 9.99. The number of nitrogens with zero attached hydrogens (tertiary/aromatic N) is 1. The fraction of sp³-hybridized carbons (Fsp3) is 0.296. The number of Topliss-reactive ketones (excluding diaryl/α,β-unsaturated/α-hetero) is 1. The Bertz CT molecular complexity index is 1280. The summed E-state index contributed by atoms with van der Waals surface area (Å²) >= 11 is 6.13. The molecule has 9 heteroatoms. The van der Waals surface area contributed by atoms with E-state index in [1.54, 1.807) is 36.4 Å².